The molecule has 1 amide bonds. The highest BCUT2D eigenvalue weighted by atomic mass is 16.1. The van der Waals surface area contributed by atoms with Gasteiger partial charge in [0.2, 0.25) is 0 Å². The first-order valence-corrected chi connectivity index (χ1v) is 10.4. The van der Waals surface area contributed by atoms with Crippen LogP contribution in [0.25, 0.3) is 0 Å². The normalized spacial score (nSPS) is 11.8. The van der Waals surface area contributed by atoms with E-state index < -0.39 is 0 Å². The van der Waals surface area contributed by atoms with E-state index in [4.69, 9.17) is 4.98 Å². The number of hydrogen-bond donors (Lipinski definition) is 1. The molecule has 1 aromatic carbocycles. The van der Waals surface area contributed by atoms with Crippen molar-refractivity contribution in [1.82, 2.24) is 10.3 Å². The van der Waals surface area contributed by atoms with Gasteiger partial charge in [-0.15, -0.1) is 0 Å². The van der Waals surface area contributed by atoms with Gasteiger partial charge in [0.05, 0.1) is 0 Å². The predicted octanol–water partition coefficient (Wildman–Crippen LogP) is 4.14. The van der Waals surface area contributed by atoms with Gasteiger partial charge in [-0.2, -0.15) is 0 Å². The van der Waals surface area contributed by atoms with Gasteiger partial charge in [0, 0.05) is 37.8 Å². The van der Waals surface area contributed by atoms with E-state index in [2.05, 4.69) is 54.9 Å². The lowest BCUT2D eigenvalue weighted by atomic mass is 10.1. The smallest absolute Gasteiger partial charge is 0.251 e. The second-order valence-electron chi connectivity index (χ2n) is 6.98. The molecule has 0 bridgehead atoms. The molecule has 0 aliphatic rings. The van der Waals surface area contributed by atoms with E-state index in [9.17, 15) is 4.79 Å². The number of carbonyl (C=O) groups excluding carboxylic acids is 1. The maximum atomic E-state index is 13.0. The van der Waals surface area contributed by atoms with Crippen molar-refractivity contribution in [3.8, 4) is 0 Å². The summed E-state index contributed by atoms with van der Waals surface area (Å²) in [6.07, 6.45) is 0.809. The highest BCUT2D eigenvalue weighted by Gasteiger charge is 2.17. The SMILES string of the molecule is CCN(CC)c1cc(C(=O)N[C@H](C)Cc2ccccc2)cc(N(CC)CC)n1. The van der Waals surface area contributed by atoms with Crippen LogP contribution in [0, 0.1) is 0 Å². The summed E-state index contributed by atoms with van der Waals surface area (Å²) >= 11 is 0. The average molecular weight is 383 g/mol. The minimum Gasteiger partial charge on any atom is -0.357 e. The Morgan fingerprint density at radius 1 is 0.929 bits per heavy atom. The summed E-state index contributed by atoms with van der Waals surface area (Å²) in [6, 6.07) is 14.1. The van der Waals surface area contributed by atoms with Gasteiger partial charge in [0.25, 0.3) is 5.91 Å². The first-order chi connectivity index (χ1) is 13.5. The summed E-state index contributed by atoms with van der Waals surface area (Å²) < 4.78 is 0. The molecule has 152 valence electrons. The van der Waals surface area contributed by atoms with E-state index in [1.54, 1.807) is 0 Å². The topological polar surface area (TPSA) is 48.5 Å². The molecule has 5 nitrogen and oxygen atoms in total. The summed E-state index contributed by atoms with van der Waals surface area (Å²) in [5, 5.41) is 3.15. The van der Waals surface area contributed by atoms with Crippen molar-refractivity contribution in [1.29, 1.82) is 0 Å². The van der Waals surface area contributed by atoms with Crippen LogP contribution in [-0.2, 0) is 6.42 Å². The Labute approximate surface area is 169 Å². The van der Waals surface area contributed by atoms with E-state index in [1.165, 1.54) is 5.56 Å². The number of amides is 1. The van der Waals surface area contributed by atoms with Crippen molar-refractivity contribution in [2.24, 2.45) is 0 Å². The highest BCUT2D eigenvalue weighted by molar-refractivity contribution is 5.96. The van der Waals surface area contributed by atoms with Crippen LogP contribution < -0.4 is 15.1 Å². The molecule has 2 rings (SSSR count). The molecule has 2 aromatic rings. The minimum atomic E-state index is -0.0485. The fourth-order valence-electron chi connectivity index (χ4n) is 3.38. The van der Waals surface area contributed by atoms with Gasteiger partial charge in [0.1, 0.15) is 11.6 Å². The number of nitrogens with one attached hydrogen (secondary N) is 1. The Hall–Kier alpha value is -2.56. The molecule has 1 atom stereocenters. The molecule has 0 radical (unpaired) electrons. The second kappa shape index (κ2) is 10.7. The molecule has 0 spiro atoms. The number of nitrogens with zero attached hydrogens (tertiary/aromatic N) is 3. The summed E-state index contributed by atoms with van der Waals surface area (Å²) in [5.41, 5.74) is 1.89. The van der Waals surface area contributed by atoms with Gasteiger partial charge in [-0.3, -0.25) is 4.79 Å². The molecular weight excluding hydrogens is 348 g/mol. The lowest BCUT2D eigenvalue weighted by Gasteiger charge is -2.25. The molecule has 0 aliphatic heterocycles. The fourth-order valence-corrected chi connectivity index (χ4v) is 3.38. The third-order valence-corrected chi connectivity index (χ3v) is 5.00. The Morgan fingerprint density at radius 3 is 1.89 bits per heavy atom. The van der Waals surface area contributed by atoms with Crippen molar-refractivity contribution >= 4 is 17.5 Å². The van der Waals surface area contributed by atoms with Crippen LogP contribution >= 0.6 is 0 Å². The molecule has 28 heavy (non-hydrogen) atoms. The number of benzene rings is 1. The molecular formula is C23H34N4O. The highest BCUT2D eigenvalue weighted by Crippen LogP contribution is 2.21. The molecule has 1 heterocycles. The molecule has 1 aromatic heterocycles. The number of anilines is 2. The van der Waals surface area contributed by atoms with Crippen molar-refractivity contribution in [3.63, 3.8) is 0 Å². The lowest BCUT2D eigenvalue weighted by Crippen LogP contribution is -2.35. The number of pyridine rings is 1. The maximum absolute atomic E-state index is 13.0. The van der Waals surface area contributed by atoms with Crippen LogP contribution in [0.1, 0.15) is 50.5 Å². The molecule has 0 saturated carbocycles. The molecule has 0 unspecified atom stereocenters. The third kappa shape index (κ3) is 5.72. The zero-order valence-electron chi connectivity index (χ0n) is 17.9. The molecule has 1 N–H and O–H groups in total. The van der Waals surface area contributed by atoms with Crippen LogP contribution in [0.5, 0.6) is 0 Å². The summed E-state index contributed by atoms with van der Waals surface area (Å²) in [4.78, 5) is 22.1. The molecule has 0 fully saturated rings. The van der Waals surface area contributed by atoms with E-state index >= 15 is 0 Å². The summed E-state index contributed by atoms with van der Waals surface area (Å²) in [7, 11) is 0. The van der Waals surface area contributed by atoms with Crippen LogP contribution in [0.15, 0.2) is 42.5 Å². The van der Waals surface area contributed by atoms with Gasteiger partial charge in [-0.25, -0.2) is 4.98 Å². The van der Waals surface area contributed by atoms with Gasteiger partial charge >= 0.3 is 0 Å². The number of carbonyl (C=O) groups is 1. The predicted molar refractivity (Wildman–Crippen MR) is 118 cm³/mol. The summed E-state index contributed by atoms with van der Waals surface area (Å²) in [6.45, 7) is 13.9. The van der Waals surface area contributed by atoms with E-state index in [0.29, 0.717) is 5.56 Å². The van der Waals surface area contributed by atoms with E-state index in [0.717, 1.165) is 44.2 Å². The Kier molecular flexibility index (Phi) is 8.30. The number of aromatic nitrogens is 1. The van der Waals surface area contributed by atoms with E-state index in [1.807, 2.05) is 37.3 Å². The molecule has 0 aliphatic carbocycles. The van der Waals surface area contributed by atoms with Gasteiger partial charge < -0.3 is 15.1 Å². The van der Waals surface area contributed by atoms with Crippen LogP contribution in [-0.4, -0.2) is 43.1 Å². The quantitative estimate of drug-likeness (QED) is 0.671. The van der Waals surface area contributed by atoms with Gasteiger partial charge in [0.15, 0.2) is 0 Å². The largest absolute Gasteiger partial charge is 0.357 e. The van der Waals surface area contributed by atoms with Crippen molar-refractivity contribution in [2.75, 3.05) is 36.0 Å². The molecule has 5 heteroatoms. The first kappa shape index (κ1) is 21.7. The van der Waals surface area contributed by atoms with Gasteiger partial charge in [-0.05, 0) is 58.7 Å². The second-order valence-corrected chi connectivity index (χ2v) is 6.98. The number of hydrogen-bond acceptors (Lipinski definition) is 4. The average Bonchev–Trinajstić information content (AvgIpc) is 2.70. The standard InChI is InChI=1S/C23H34N4O/c1-6-26(7-2)21-16-20(17-22(25-21)27(8-3)9-4)23(28)24-18(5)15-19-13-11-10-12-14-19/h10-14,16-18H,6-9,15H2,1-5H3,(H,24,28)/t18-/m1/s1. The Morgan fingerprint density at radius 2 is 1.43 bits per heavy atom. The molecule has 0 saturated heterocycles. The Bertz CT molecular complexity index is 709. The van der Waals surface area contributed by atoms with E-state index in [-0.39, 0.29) is 11.9 Å². The zero-order valence-corrected chi connectivity index (χ0v) is 17.9. The fraction of sp³-hybridized carbons (Fsp3) is 0.478. The Balaban J connectivity index is 2.24. The van der Waals surface area contributed by atoms with Crippen molar-refractivity contribution in [3.05, 3.63) is 53.6 Å². The van der Waals surface area contributed by atoms with Gasteiger partial charge in [-0.1, -0.05) is 30.3 Å². The monoisotopic (exact) mass is 382 g/mol. The minimum absolute atomic E-state index is 0.0485. The van der Waals surface area contributed by atoms with Crippen molar-refractivity contribution < 1.29 is 4.79 Å². The number of rotatable bonds is 10. The van der Waals surface area contributed by atoms with Crippen LogP contribution in [0.3, 0.4) is 0 Å². The van der Waals surface area contributed by atoms with Crippen LogP contribution in [0.2, 0.25) is 0 Å². The zero-order chi connectivity index (χ0) is 20.5. The lowest BCUT2D eigenvalue weighted by molar-refractivity contribution is 0.0940. The third-order valence-electron chi connectivity index (χ3n) is 5.00. The first-order valence-electron chi connectivity index (χ1n) is 10.4. The van der Waals surface area contributed by atoms with Crippen LogP contribution in [0.4, 0.5) is 11.6 Å². The maximum Gasteiger partial charge on any atom is 0.251 e. The van der Waals surface area contributed by atoms with Crippen molar-refractivity contribution in [2.45, 2.75) is 47.1 Å². The summed E-state index contributed by atoms with van der Waals surface area (Å²) in [5.74, 6) is 1.66.